The van der Waals surface area contributed by atoms with Gasteiger partial charge in [0.15, 0.2) is 0 Å². The highest BCUT2D eigenvalue weighted by Gasteiger charge is 2.27. The fourth-order valence-electron chi connectivity index (χ4n) is 2.74. The van der Waals surface area contributed by atoms with Crippen LogP contribution in [0.25, 0.3) is 0 Å². The first-order valence-electron chi connectivity index (χ1n) is 7.99. The molecular formula is C19H23NO4. The second-order valence-electron chi connectivity index (χ2n) is 5.71. The lowest BCUT2D eigenvalue weighted by atomic mass is 9.88. The van der Waals surface area contributed by atoms with E-state index < -0.39 is 5.97 Å². The van der Waals surface area contributed by atoms with E-state index in [1.54, 1.807) is 4.90 Å². The van der Waals surface area contributed by atoms with E-state index in [2.05, 4.69) is 6.58 Å². The van der Waals surface area contributed by atoms with Crippen LogP contribution in [-0.4, -0.2) is 37.2 Å². The van der Waals surface area contributed by atoms with Crippen LogP contribution in [0.3, 0.4) is 0 Å². The first kappa shape index (κ1) is 17.8. The van der Waals surface area contributed by atoms with Crippen LogP contribution in [0.1, 0.15) is 18.4 Å². The highest BCUT2D eigenvalue weighted by atomic mass is 16.6. The summed E-state index contributed by atoms with van der Waals surface area (Å²) in [5, 5.41) is 0. The first-order chi connectivity index (χ1) is 11.6. The summed E-state index contributed by atoms with van der Waals surface area (Å²) in [6, 6.07) is 9.54. The van der Waals surface area contributed by atoms with Crippen molar-refractivity contribution in [2.75, 3.05) is 20.2 Å². The minimum Gasteiger partial charge on any atom is -0.466 e. The van der Waals surface area contributed by atoms with Gasteiger partial charge in [0.2, 0.25) is 0 Å². The molecule has 1 aromatic carbocycles. The molecule has 0 bridgehead atoms. The van der Waals surface area contributed by atoms with Crippen LogP contribution >= 0.6 is 0 Å². The number of hydrogen-bond donors (Lipinski definition) is 0. The van der Waals surface area contributed by atoms with Gasteiger partial charge in [-0.1, -0.05) is 36.4 Å². The van der Waals surface area contributed by atoms with Gasteiger partial charge in [0.25, 0.3) is 0 Å². The fraction of sp³-hybridized carbons (Fsp3) is 0.368. The molecule has 0 N–H and O–H groups in total. The second-order valence-corrected chi connectivity index (χ2v) is 5.71. The van der Waals surface area contributed by atoms with Gasteiger partial charge in [0.05, 0.1) is 7.11 Å². The maximum absolute atomic E-state index is 12.3. The van der Waals surface area contributed by atoms with Gasteiger partial charge in [-0.25, -0.2) is 9.59 Å². The van der Waals surface area contributed by atoms with Crippen LogP contribution in [0, 0.1) is 5.92 Å². The quantitative estimate of drug-likeness (QED) is 0.472. The largest absolute Gasteiger partial charge is 0.466 e. The fourth-order valence-corrected chi connectivity index (χ4v) is 2.74. The van der Waals surface area contributed by atoms with Crippen LogP contribution in [0.2, 0.25) is 0 Å². The average Bonchev–Trinajstić information content (AvgIpc) is 2.62. The standard InChI is InChI=1S/C19H23NO4/c1-3-7-16-10-11-20(13-17(16)12-18(21)23-2)19(22)24-14-15-8-5-4-6-9-15/h3-6,8-9,12,16H,1,7,10-11,13-14H2,2H3. The number of nitrogens with zero attached hydrogens (tertiary/aromatic N) is 1. The Kier molecular flexibility index (Phi) is 6.61. The smallest absolute Gasteiger partial charge is 0.410 e. The molecule has 1 atom stereocenters. The molecule has 5 nitrogen and oxygen atoms in total. The Bertz CT molecular complexity index is 609. The Morgan fingerprint density at radius 3 is 2.75 bits per heavy atom. The molecule has 128 valence electrons. The maximum atomic E-state index is 12.3. The molecule has 24 heavy (non-hydrogen) atoms. The zero-order valence-corrected chi connectivity index (χ0v) is 13.9. The molecule has 1 aliphatic rings. The SMILES string of the molecule is C=CCC1CCN(C(=O)OCc2ccccc2)CC1=CC(=O)OC. The molecule has 2 rings (SSSR count). The number of amides is 1. The zero-order valence-electron chi connectivity index (χ0n) is 13.9. The summed E-state index contributed by atoms with van der Waals surface area (Å²) < 4.78 is 10.1. The number of likely N-dealkylation sites (tertiary alicyclic amines) is 1. The van der Waals surface area contributed by atoms with Crippen molar-refractivity contribution in [3.63, 3.8) is 0 Å². The maximum Gasteiger partial charge on any atom is 0.410 e. The van der Waals surface area contributed by atoms with Crippen molar-refractivity contribution >= 4 is 12.1 Å². The van der Waals surface area contributed by atoms with Gasteiger partial charge in [0.1, 0.15) is 6.61 Å². The number of hydrogen-bond acceptors (Lipinski definition) is 4. The average molecular weight is 329 g/mol. The third kappa shape index (κ3) is 4.98. The van der Waals surface area contributed by atoms with Crippen molar-refractivity contribution in [3.05, 3.63) is 60.2 Å². The van der Waals surface area contributed by atoms with E-state index in [9.17, 15) is 9.59 Å². The molecule has 0 radical (unpaired) electrons. The topological polar surface area (TPSA) is 55.8 Å². The number of carbonyl (C=O) groups is 2. The summed E-state index contributed by atoms with van der Waals surface area (Å²) in [6.45, 7) is 4.97. The van der Waals surface area contributed by atoms with Crippen molar-refractivity contribution < 1.29 is 19.1 Å². The van der Waals surface area contributed by atoms with E-state index in [4.69, 9.17) is 9.47 Å². The molecule has 0 spiro atoms. The molecule has 1 heterocycles. The number of carbonyl (C=O) groups excluding carboxylic acids is 2. The van der Waals surface area contributed by atoms with Gasteiger partial charge in [-0.2, -0.15) is 0 Å². The Hall–Kier alpha value is -2.56. The van der Waals surface area contributed by atoms with Crippen LogP contribution in [0.4, 0.5) is 4.79 Å². The summed E-state index contributed by atoms with van der Waals surface area (Å²) in [4.78, 5) is 25.5. The molecule has 0 saturated carbocycles. The number of esters is 1. The molecule has 0 aromatic heterocycles. The highest BCUT2D eigenvalue weighted by molar-refractivity contribution is 5.83. The number of allylic oxidation sites excluding steroid dienone is 1. The molecule has 1 aliphatic heterocycles. The monoisotopic (exact) mass is 329 g/mol. The third-order valence-corrected chi connectivity index (χ3v) is 4.06. The normalized spacial score (nSPS) is 19.0. The highest BCUT2D eigenvalue weighted by Crippen LogP contribution is 2.27. The van der Waals surface area contributed by atoms with Crippen LogP contribution in [-0.2, 0) is 20.9 Å². The Balaban J connectivity index is 1.98. The van der Waals surface area contributed by atoms with Crippen LogP contribution < -0.4 is 0 Å². The number of rotatable bonds is 5. The zero-order chi connectivity index (χ0) is 17.4. The van der Waals surface area contributed by atoms with Crippen molar-refractivity contribution in [1.82, 2.24) is 4.90 Å². The summed E-state index contributed by atoms with van der Waals surface area (Å²) in [7, 11) is 1.34. The lowest BCUT2D eigenvalue weighted by molar-refractivity contribution is -0.135. The van der Waals surface area contributed by atoms with Crippen molar-refractivity contribution in [2.45, 2.75) is 19.4 Å². The Morgan fingerprint density at radius 2 is 2.08 bits per heavy atom. The summed E-state index contributed by atoms with van der Waals surface area (Å²) in [6.07, 6.45) is 4.49. The van der Waals surface area contributed by atoms with E-state index in [-0.39, 0.29) is 18.6 Å². The summed E-state index contributed by atoms with van der Waals surface area (Å²) in [5.41, 5.74) is 1.82. The Morgan fingerprint density at radius 1 is 1.33 bits per heavy atom. The van der Waals surface area contributed by atoms with Crippen LogP contribution in [0.15, 0.2) is 54.6 Å². The number of methoxy groups -OCH3 is 1. The number of benzene rings is 1. The lowest BCUT2D eigenvalue weighted by Crippen LogP contribution is -2.40. The molecule has 0 aliphatic carbocycles. The van der Waals surface area contributed by atoms with Crippen LogP contribution in [0.5, 0.6) is 0 Å². The molecule has 1 unspecified atom stereocenters. The second kappa shape index (κ2) is 8.91. The van der Waals surface area contributed by atoms with Gasteiger partial charge in [0, 0.05) is 19.2 Å². The number of piperidine rings is 1. The van der Waals surface area contributed by atoms with Gasteiger partial charge in [-0.05, 0) is 29.9 Å². The van der Waals surface area contributed by atoms with Crippen molar-refractivity contribution in [2.24, 2.45) is 5.92 Å². The summed E-state index contributed by atoms with van der Waals surface area (Å²) in [5.74, 6) is -0.196. The number of ether oxygens (including phenoxy) is 2. The van der Waals surface area contributed by atoms with Gasteiger partial charge < -0.3 is 14.4 Å². The van der Waals surface area contributed by atoms with Gasteiger partial charge in [-0.3, -0.25) is 0 Å². The predicted molar refractivity (Wildman–Crippen MR) is 91.2 cm³/mol. The third-order valence-electron chi connectivity index (χ3n) is 4.06. The molecular weight excluding hydrogens is 306 g/mol. The summed E-state index contributed by atoms with van der Waals surface area (Å²) >= 11 is 0. The Labute approximate surface area is 142 Å². The van der Waals surface area contributed by atoms with Gasteiger partial charge in [-0.15, -0.1) is 6.58 Å². The molecule has 5 heteroatoms. The van der Waals surface area contributed by atoms with Gasteiger partial charge >= 0.3 is 12.1 Å². The molecule has 1 saturated heterocycles. The minimum absolute atomic E-state index is 0.208. The van der Waals surface area contributed by atoms with Crippen molar-refractivity contribution in [1.29, 1.82) is 0 Å². The van der Waals surface area contributed by atoms with E-state index in [0.717, 1.165) is 24.0 Å². The molecule has 1 fully saturated rings. The first-order valence-corrected chi connectivity index (χ1v) is 7.99. The lowest BCUT2D eigenvalue weighted by Gasteiger charge is -2.33. The van der Waals surface area contributed by atoms with E-state index in [0.29, 0.717) is 13.1 Å². The molecule has 1 amide bonds. The van der Waals surface area contributed by atoms with E-state index >= 15 is 0 Å². The predicted octanol–water partition coefficient (Wildman–Crippen LogP) is 3.32. The minimum atomic E-state index is -0.404. The van der Waals surface area contributed by atoms with E-state index in [1.165, 1.54) is 13.2 Å². The molecule has 1 aromatic rings. The van der Waals surface area contributed by atoms with Crippen molar-refractivity contribution in [3.8, 4) is 0 Å². The van der Waals surface area contributed by atoms with E-state index in [1.807, 2.05) is 36.4 Å².